The second-order valence-electron chi connectivity index (χ2n) is 5.89. The molecule has 128 valence electrons. The predicted molar refractivity (Wildman–Crippen MR) is 88.5 cm³/mol. The average molecular weight is 330 g/mol. The Morgan fingerprint density at radius 3 is 3.00 bits per heavy atom. The van der Waals surface area contributed by atoms with Crippen LogP contribution in [0.1, 0.15) is 38.1 Å². The highest BCUT2D eigenvalue weighted by Gasteiger charge is 2.24. The number of methoxy groups -OCH3 is 1. The molecule has 0 radical (unpaired) electrons. The SMILES string of the molecule is COc1ccccc1-c1noc(C(C)NC(=O)C2CCCCN2)n1. The van der Waals surface area contributed by atoms with Gasteiger partial charge in [-0.25, -0.2) is 0 Å². The maximum atomic E-state index is 12.3. The molecule has 1 fully saturated rings. The van der Waals surface area contributed by atoms with Gasteiger partial charge >= 0.3 is 0 Å². The van der Waals surface area contributed by atoms with Crippen LogP contribution in [-0.2, 0) is 4.79 Å². The van der Waals surface area contributed by atoms with Crippen molar-refractivity contribution in [3.63, 3.8) is 0 Å². The highest BCUT2D eigenvalue weighted by molar-refractivity contribution is 5.82. The number of hydrogen-bond donors (Lipinski definition) is 2. The van der Waals surface area contributed by atoms with Crippen LogP contribution in [0.2, 0.25) is 0 Å². The van der Waals surface area contributed by atoms with E-state index in [-0.39, 0.29) is 18.0 Å². The Labute approximate surface area is 140 Å². The Balaban J connectivity index is 1.69. The number of ether oxygens (including phenoxy) is 1. The molecule has 1 aliphatic rings. The van der Waals surface area contributed by atoms with Crippen molar-refractivity contribution in [2.75, 3.05) is 13.7 Å². The number of rotatable bonds is 5. The standard InChI is InChI=1S/C17H22N4O3/c1-11(19-16(22)13-8-5-6-10-18-13)17-20-15(21-24-17)12-7-3-4-9-14(12)23-2/h3-4,7,9,11,13,18H,5-6,8,10H2,1-2H3,(H,19,22). The quantitative estimate of drug-likeness (QED) is 0.872. The van der Waals surface area contributed by atoms with Crippen molar-refractivity contribution in [2.45, 2.75) is 38.3 Å². The van der Waals surface area contributed by atoms with Crippen molar-refractivity contribution in [1.29, 1.82) is 0 Å². The number of piperidine rings is 1. The fraction of sp³-hybridized carbons (Fsp3) is 0.471. The van der Waals surface area contributed by atoms with Gasteiger partial charge in [0.1, 0.15) is 11.8 Å². The molecule has 3 rings (SSSR count). The van der Waals surface area contributed by atoms with Gasteiger partial charge in [-0.05, 0) is 38.4 Å². The van der Waals surface area contributed by atoms with Crippen molar-refractivity contribution in [2.24, 2.45) is 0 Å². The number of nitrogens with zero attached hydrogens (tertiary/aromatic N) is 2. The third kappa shape index (κ3) is 3.56. The van der Waals surface area contributed by atoms with Crippen molar-refractivity contribution >= 4 is 5.91 Å². The van der Waals surface area contributed by atoms with E-state index in [4.69, 9.17) is 9.26 Å². The summed E-state index contributed by atoms with van der Waals surface area (Å²) in [6.45, 7) is 2.71. The monoisotopic (exact) mass is 330 g/mol. The summed E-state index contributed by atoms with van der Waals surface area (Å²) >= 11 is 0. The van der Waals surface area contributed by atoms with E-state index in [1.807, 2.05) is 31.2 Å². The highest BCUT2D eigenvalue weighted by Crippen LogP contribution is 2.28. The number of para-hydroxylation sites is 1. The lowest BCUT2D eigenvalue weighted by Crippen LogP contribution is -2.47. The molecule has 2 N–H and O–H groups in total. The minimum Gasteiger partial charge on any atom is -0.496 e. The minimum atomic E-state index is -0.350. The molecule has 0 aliphatic carbocycles. The van der Waals surface area contributed by atoms with Crippen LogP contribution in [0.4, 0.5) is 0 Å². The van der Waals surface area contributed by atoms with Crippen LogP contribution in [0.5, 0.6) is 5.75 Å². The first kappa shape index (κ1) is 16.4. The number of benzene rings is 1. The smallest absolute Gasteiger partial charge is 0.249 e. The van der Waals surface area contributed by atoms with Gasteiger partial charge in [0.25, 0.3) is 0 Å². The van der Waals surface area contributed by atoms with Crippen molar-refractivity contribution in [3.05, 3.63) is 30.2 Å². The van der Waals surface area contributed by atoms with Gasteiger partial charge in [0.2, 0.25) is 17.6 Å². The number of hydrogen-bond acceptors (Lipinski definition) is 6. The Hall–Kier alpha value is -2.41. The van der Waals surface area contributed by atoms with Crippen molar-refractivity contribution in [3.8, 4) is 17.1 Å². The van der Waals surface area contributed by atoms with Crippen molar-refractivity contribution < 1.29 is 14.1 Å². The molecule has 7 heteroatoms. The van der Waals surface area contributed by atoms with E-state index in [9.17, 15) is 4.79 Å². The largest absolute Gasteiger partial charge is 0.496 e. The Morgan fingerprint density at radius 2 is 2.25 bits per heavy atom. The molecule has 0 spiro atoms. The molecule has 0 bridgehead atoms. The molecule has 0 saturated carbocycles. The summed E-state index contributed by atoms with van der Waals surface area (Å²) in [5.41, 5.74) is 0.752. The molecule has 1 aliphatic heterocycles. The lowest BCUT2D eigenvalue weighted by molar-refractivity contribution is -0.124. The molecule has 24 heavy (non-hydrogen) atoms. The molecule has 1 amide bonds. The van der Waals surface area contributed by atoms with E-state index in [2.05, 4.69) is 20.8 Å². The van der Waals surface area contributed by atoms with E-state index in [0.29, 0.717) is 17.5 Å². The van der Waals surface area contributed by atoms with E-state index < -0.39 is 0 Å². The van der Waals surface area contributed by atoms with Gasteiger partial charge in [0, 0.05) is 0 Å². The van der Waals surface area contributed by atoms with Gasteiger partial charge in [-0.2, -0.15) is 4.98 Å². The molecule has 1 aromatic carbocycles. The number of carbonyl (C=O) groups is 1. The van der Waals surface area contributed by atoms with Crippen LogP contribution in [0.3, 0.4) is 0 Å². The number of nitrogens with one attached hydrogen (secondary N) is 2. The first-order valence-electron chi connectivity index (χ1n) is 8.20. The Kier molecular flexibility index (Phi) is 5.10. The van der Waals surface area contributed by atoms with Crippen LogP contribution in [0.15, 0.2) is 28.8 Å². The van der Waals surface area contributed by atoms with Crippen LogP contribution in [0, 0.1) is 0 Å². The number of carbonyl (C=O) groups excluding carboxylic acids is 1. The molecule has 7 nitrogen and oxygen atoms in total. The van der Waals surface area contributed by atoms with Gasteiger partial charge in [0.15, 0.2) is 0 Å². The third-order valence-corrected chi connectivity index (χ3v) is 4.15. The van der Waals surface area contributed by atoms with Crippen LogP contribution < -0.4 is 15.4 Å². The lowest BCUT2D eigenvalue weighted by atomic mass is 10.0. The zero-order chi connectivity index (χ0) is 16.9. The fourth-order valence-corrected chi connectivity index (χ4v) is 2.80. The number of aromatic nitrogens is 2. The summed E-state index contributed by atoms with van der Waals surface area (Å²) in [5.74, 6) is 1.46. The summed E-state index contributed by atoms with van der Waals surface area (Å²) in [7, 11) is 1.60. The average Bonchev–Trinajstić information content (AvgIpc) is 3.12. The second-order valence-corrected chi connectivity index (χ2v) is 5.89. The maximum absolute atomic E-state index is 12.3. The highest BCUT2D eigenvalue weighted by atomic mass is 16.5. The third-order valence-electron chi connectivity index (χ3n) is 4.15. The molecule has 2 atom stereocenters. The molecular weight excluding hydrogens is 308 g/mol. The zero-order valence-electron chi connectivity index (χ0n) is 13.9. The predicted octanol–water partition coefficient (Wildman–Crippen LogP) is 2.06. The topological polar surface area (TPSA) is 89.3 Å². The summed E-state index contributed by atoms with van der Waals surface area (Å²) in [5, 5.41) is 10.2. The van der Waals surface area contributed by atoms with Gasteiger partial charge < -0.3 is 19.9 Å². The van der Waals surface area contributed by atoms with Gasteiger partial charge in [-0.3, -0.25) is 4.79 Å². The first-order chi connectivity index (χ1) is 11.7. The molecule has 1 saturated heterocycles. The Bertz CT molecular complexity index is 695. The summed E-state index contributed by atoms with van der Waals surface area (Å²) in [4.78, 5) is 16.7. The van der Waals surface area contributed by atoms with E-state index in [1.165, 1.54) is 0 Å². The summed E-state index contributed by atoms with van der Waals surface area (Å²) < 4.78 is 10.6. The molecular formula is C17H22N4O3. The molecule has 2 unspecified atom stereocenters. The van der Waals surface area contributed by atoms with E-state index in [0.717, 1.165) is 31.4 Å². The lowest BCUT2D eigenvalue weighted by Gasteiger charge is -2.23. The van der Waals surface area contributed by atoms with Crippen molar-refractivity contribution in [1.82, 2.24) is 20.8 Å². The minimum absolute atomic E-state index is 0.0285. The van der Waals surface area contributed by atoms with Crippen LogP contribution in [-0.4, -0.2) is 35.7 Å². The van der Waals surface area contributed by atoms with E-state index >= 15 is 0 Å². The van der Waals surface area contributed by atoms with Gasteiger partial charge in [0.05, 0.1) is 18.7 Å². The van der Waals surface area contributed by atoms with Crippen LogP contribution >= 0.6 is 0 Å². The molecule has 2 heterocycles. The second kappa shape index (κ2) is 7.44. The Morgan fingerprint density at radius 1 is 1.42 bits per heavy atom. The normalized spacial score (nSPS) is 18.8. The maximum Gasteiger partial charge on any atom is 0.249 e. The number of amides is 1. The van der Waals surface area contributed by atoms with E-state index in [1.54, 1.807) is 7.11 Å². The summed E-state index contributed by atoms with van der Waals surface area (Å²) in [6, 6.07) is 6.97. The van der Waals surface area contributed by atoms with Gasteiger partial charge in [-0.15, -0.1) is 0 Å². The zero-order valence-corrected chi connectivity index (χ0v) is 13.9. The molecule has 1 aromatic heterocycles. The van der Waals surface area contributed by atoms with Gasteiger partial charge in [-0.1, -0.05) is 23.7 Å². The first-order valence-corrected chi connectivity index (χ1v) is 8.20. The molecule has 2 aromatic rings. The fourth-order valence-electron chi connectivity index (χ4n) is 2.80. The van der Waals surface area contributed by atoms with Crippen LogP contribution in [0.25, 0.3) is 11.4 Å². The summed E-state index contributed by atoms with van der Waals surface area (Å²) in [6.07, 6.45) is 3.04.